The number of benzene rings is 2. The molecule has 0 saturated carbocycles. The van der Waals surface area contributed by atoms with Crippen molar-refractivity contribution in [2.24, 2.45) is 0 Å². The van der Waals surface area contributed by atoms with Gasteiger partial charge in [-0.15, -0.1) is 16.4 Å². The van der Waals surface area contributed by atoms with Crippen LogP contribution in [0.4, 0.5) is 0 Å². The summed E-state index contributed by atoms with van der Waals surface area (Å²) in [5.74, 6) is 1.70. The number of methoxy groups -OCH3 is 1. The van der Waals surface area contributed by atoms with E-state index in [0.29, 0.717) is 6.54 Å². The summed E-state index contributed by atoms with van der Waals surface area (Å²) in [6.07, 6.45) is 0.767. The number of rotatable bonds is 8. The van der Waals surface area contributed by atoms with Crippen LogP contribution in [0.1, 0.15) is 22.4 Å². The maximum atomic E-state index is 5.58. The molecule has 3 heterocycles. The van der Waals surface area contributed by atoms with Crippen LogP contribution in [0.25, 0.3) is 11.3 Å². The maximum Gasteiger partial charge on any atom is 0.173 e. The minimum atomic E-state index is -0.00347. The van der Waals surface area contributed by atoms with E-state index in [1.165, 1.54) is 5.56 Å². The molecule has 5 rings (SSSR count). The number of aryl methyl sites for hydroxylation is 2. The molecular weight excluding hydrogens is 436 g/mol. The van der Waals surface area contributed by atoms with Gasteiger partial charge in [0.05, 0.1) is 43.6 Å². The highest BCUT2D eigenvalue weighted by molar-refractivity contribution is 7.09. The van der Waals surface area contributed by atoms with Crippen LogP contribution in [0.5, 0.6) is 5.75 Å². The summed E-state index contributed by atoms with van der Waals surface area (Å²) in [7, 11) is 1.67. The van der Waals surface area contributed by atoms with Gasteiger partial charge in [-0.05, 0) is 40.3 Å². The van der Waals surface area contributed by atoms with Gasteiger partial charge in [0.15, 0.2) is 5.82 Å². The van der Waals surface area contributed by atoms with E-state index < -0.39 is 0 Å². The fourth-order valence-corrected chi connectivity index (χ4v) is 4.88. The normalized spacial score (nSPS) is 15.4. The maximum absolute atomic E-state index is 5.58. The Hall–Kier alpha value is -3.14. The largest absolute Gasteiger partial charge is 0.497 e. The molecule has 1 aliphatic heterocycles. The Morgan fingerprint density at radius 1 is 1.06 bits per heavy atom. The molecular formula is C24H26N6O2S. The molecule has 0 spiro atoms. The SMILES string of the molecule is COc1ccc(-c2csc(CCn3nnnc3[C@@H](c3ccccc3)N3CCOCC3)n2)cc1. The van der Waals surface area contributed by atoms with E-state index in [-0.39, 0.29) is 6.04 Å². The van der Waals surface area contributed by atoms with E-state index in [4.69, 9.17) is 14.5 Å². The summed E-state index contributed by atoms with van der Waals surface area (Å²) in [5.41, 5.74) is 3.24. The van der Waals surface area contributed by atoms with Gasteiger partial charge in [0, 0.05) is 30.5 Å². The van der Waals surface area contributed by atoms with E-state index in [1.807, 2.05) is 35.0 Å². The monoisotopic (exact) mass is 462 g/mol. The predicted molar refractivity (Wildman–Crippen MR) is 126 cm³/mol. The number of hydrogen-bond acceptors (Lipinski definition) is 8. The van der Waals surface area contributed by atoms with Crippen molar-refractivity contribution in [1.29, 1.82) is 0 Å². The zero-order valence-corrected chi connectivity index (χ0v) is 19.3. The first-order valence-electron chi connectivity index (χ1n) is 11.0. The van der Waals surface area contributed by atoms with Crippen LogP contribution in [0, 0.1) is 0 Å². The molecule has 2 aromatic heterocycles. The first-order valence-corrected chi connectivity index (χ1v) is 11.9. The van der Waals surface area contributed by atoms with Crippen molar-refractivity contribution in [3.63, 3.8) is 0 Å². The average molecular weight is 463 g/mol. The van der Waals surface area contributed by atoms with Gasteiger partial charge in [-0.25, -0.2) is 9.67 Å². The van der Waals surface area contributed by atoms with E-state index in [2.05, 4.69) is 50.1 Å². The molecule has 2 aromatic carbocycles. The van der Waals surface area contributed by atoms with Gasteiger partial charge in [0.25, 0.3) is 0 Å². The highest BCUT2D eigenvalue weighted by atomic mass is 32.1. The molecule has 0 radical (unpaired) electrons. The van der Waals surface area contributed by atoms with Crippen molar-refractivity contribution < 1.29 is 9.47 Å². The fraction of sp³-hybridized carbons (Fsp3) is 0.333. The average Bonchev–Trinajstić information content (AvgIpc) is 3.54. The lowest BCUT2D eigenvalue weighted by molar-refractivity contribution is 0.0216. The Kier molecular flexibility index (Phi) is 6.71. The van der Waals surface area contributed by atoms with Gasteiger partial charge in [0.1, 0.15) is 5.75 Å². The first kappa shape index (κ1) is 21.7. The molecule has 170 valence electrons. The van der Waals surface area contributed by atoms with Crippen LogP contribution in [0.15, 0.2) is 60.0 Å². The quantitative estimate of drug-likeness (QED) is 0.397. The third-order valence-corrected chi connectivity index (χ3v) is 6.71. The number of morpholine rings is 1. The fourth-order valence-electron chi connectivity index (χ4n) is 4.08. The number of thiazole rings is 1. The molecule has 0 unspecified atom stereocenters. The van der Waals surface area contributed by atoms with Crippen LogP contribution in [0.3, 0.4) is 0 Å². The molecule has 0 N–H and O–H groups in total. The van der Waals surface area contributed by atoms with Crippen molar-refractivity contribution in [3.8, 4) is 17.0 Å². The van der Waals surface area contributed by atoms with Crippen LogP contribution < -0.4 is 4.74 Å². The second-order valence-corrected chi connectivity index (χ2v) is 8.77. The summed E-state index contributed by atoms with van der Waals surface area (Å²) in [6, 6.07) is 18.4. The van der Waals surface area contributed by atoms with Crippen LogP contribution in [-0.4, -0.2) is 63.5 Å². The lowest BCUT2D eigenvalue weighted by Gasteiger charge is -2.33. The molecule has 1 saturated heterocycles. The Labute approximate surface area is 196 Å². The van der Waals surface area contributed by atoms with Gasteiger partial charge in [0.2, 0.25) is 0 Å². The molecule has 1 aliphatic rings. The number of ether oxygens (including phenoxy) is 2. The highest BCUT2D eigenvalue weighted by Crippen LogP contribution is 2.28. The predicted octanol–water partition coefficient (Wildman–Crippen LogP) is 3.47. The molecule has 1 atom stereocenters. The highest BCUT2D eigenvalue weighted by Gasteiger charge is 2.29. The van der Waals surface area contributed by atoms with Gasteiger partial charge < -0.3 is 9.47 Å². The second-order valence-electron chi connectivity index (χ2n) is 7.83. The van der Waals surface area contributed by atoms with Gasteiger partial charge >= 0.3 is 0 Å². The van der Waals surface area contributed by atoms with E-state index >= 15 is 0 Å². The molecule has 0 bridgehead atoms. The standard InChI is InChI=1S/C24H26N6O2S/c1-31-20-9-7-18(8-10-20)21-17-33-22(25-21)11-12-30-24(26-27-28-30)23(19-5-3-2-4-6-19)29-13-15-32-16-14-29/h2-10,17,23H,11-16H2,1H3/t23-/m1/s1. The van der Waals surface area contributed by atoms with Gasteiger partial charge in [-0.3, -0.25) is 4.90 Å². The van der Waals surface area contributed by atoms with E-state index in [1.54, 1.807) is 18.4 Å². The number of tetrazole rings is 1. The van der Waals surface area contributed by atoms with Crippen molar-refractivity contribution >= 4 is 11.3 Å². The molecule has 9 heteroatoms. The summed E-state index contributed by atoms with van der Waals surface area (Å²) in [4.78, 5) is 7.22. The number of aromatic nitrogens is 5. The van der Waals surface area contributed by atoms with Crippen LogP contribution >= 0.6 is 11.3 Å². The van der Waals surface area contributed by atoms with Crippen molar-refractivity contribution in [3.05, 3.63) is 76.4 Å². The first-order chi connectivity index (χ1) is 16.3. The minimum Gasteiger partial charge on any atom is -0.497 e. The lowest BCUT2D eigenvalue weighted by Crippen LogP contribution is -2.40. The van der Waals surface area contributed by atoms with Gasteiger partial charge in [-0.2, -0.15) is 0 Å². The van der Waals surface area contributed by atoms with E-state index in [0.717, 1.165) is 60.6 Å². The Morgan fingerprint density at radius 3 is 2.61 bits per heavy atom. The summed E-state index contributed by atoms with van der Waals surface area (Å²) in [5, 5.41) is 15.9. The van der Waals surface area contributed by atoms with Crippen LogP contribution in [0.2, 0.25) is 0 Å². The molecule has 0 aliphatic carbocycles. The van der Waals surface area contributed by atoms with Crippen molar-refractivity contribution in [1.82, 2.24) is 30.1 Å². The van der Waals surface area contributed by atoms with Gasteiger partial charge in [-0.1, -0.05) is 30.3 Å². The molecule has 0 amide bonds. The smallest absolute Gasteiger partial charge is 0.173 e. The molecule has 8 nitrogen and oxygen atoms in total. The lowest BCUT2D eigenvalue weighted by atomic mass is 10.0. The number of hydrogen-bond donors (Lipinski definition) is 0. The number of nitrogens with zero attached hydrogens (tertiary/aromatic N) is 6. The van der Waals surface area contributed by atoms with Crippen LogP contribution in [-0.2, 0) is 17.7 Å². The zero-order chi connectivity index (χ0) is 22.5. The van der Waals surface area contributed by atoms with Crippen molar-refractivity contribution in [2.45, 2.75) is 19.0 Å². The third-order valence-electron chi connectivity index (χ3n) is 5.81. The zero-order valence-electron chi connectivity index (χ0n) is 18.5. The molecule has 4 aromatic rings. The minimum absolute atomic E-state index is 0.00347. The Balaban J connectivity index is 1.33. The third kappa shape index (κ3) is 4.95. The van der Waals surface area contributed by atoms with Crippen molar-refractivity contribution in [2.75, 3.05) is 33.4 Å². The Morgan fingerprint density at radius 2 is 1.85 bits per heavy atom. The summed E-state index contributed by atoms with van der Waals surface area (Å²) in [6.45, 7) is 3.82. The summed E-state index contributed by atoms with van der Waals surface area (Å²) >= 11 is 1.66. The molecule has 33 heavy (non-hydrogen) atoms. The Bertz CT molecular complexity index is 1160. The van der Waals surface area contributed by atoms with E-state index in [9.17, 15) is 0 Å². The molecule has 1 fully saturated rings. The summed E-state index contributed by atoms with van der Waals surface area (Å²) < 4.78 is 12.7. The second kappa shape index (κ2) is 10.2. The topological polar surface area (TPSA) is 78.2 Å².